The molecule has 112 valence electrons. The highest BCUT2D eigenvalue weighted by Crippen LogP contribution is 2.29. The maximum atomic E-state index is 11.0. The fraction of sp³-hybridized carbons (Fsp3) is 0.429. The highest BCUT2D eigenvalue weighted by atomic mass is 16.6. The van der Waals surface area contributed by atoms with Gasteiger partial charge in [0.2, 0.25) is 0 Å². The van der Waals surface area contributed by atoms with Crippen LogP contribution in [0, 0.1) is 17.0 Å². The van der Waals surface area contributed by atoms with Crippen molar-refractivity contribution < 1.29 is 10.0 Å². The van der Waals surface area contributed by atoms with E-state index in [9.17, 15) is 15.2 Å². The van der Waals surface area contributed by atoms with Gasteiger partial charge in [0.05, 0.1) is 22.9 Å². The van der Waals surface area contributed by atoms with Crippen LogP contribution in [0.3, 0.4) is 0 Å². The summed E-state index contributed by atoms with van der Waals surface area (Å²) < 4.78 is 1.58. The van der Waals surface area contributed by atoms with E-state index in [2.05, 4.69) is 10.3 Å². The molecule has 1 heterocycles. The molecule has 0 aliphatic rings. The summed E-state index contributed by atoms with van der Waals surface area (Å²) in [4.78, 5) is 10.5. The maximum Gasteiger partial charge on any atom is 0.271 e. The van der Waals surface area contributed by atoms with Crippen molar-refractivity contribution in [3.8, 4) is 5.69 Å². The summed E-state index contributed by atoms with van der Waals surface area (Å²) in [7, 11) is 0. The fourth-order valence-electron chi connectivity index (χ4n) is 2.28. The molecule has 0 radical (unpaired) electrons. The normalized spacial score (nSPS) is 11.7. The van der Waals surface area contributed by atoms with E-state index < -0.39 is 4.92 Å². The van der Waals surface area contributed by atoms with Crippen molar-refractivity contribution in [1.82, 2.24) is 15.0 Å². The number of aryl methyl sites for hydroxylation is 1. The van der Waals surface area contributed by atoms with Gasteiger partial charge in [-0.25, -0.2) is 4.68 Å². The molecule has 7 nitrogen and oxygen atoms in total. The molecule has 2 rings (SSSR count). The molecule has 2 aromatic rings. The van der Waals surface area contributed by atoms with Crippen molar-refractivity contribution in [2.24, 2.45) is 0 Å². The van der Waals surface area contributed by atoms with Crippen LogP contribution in [-0.2, 0) is 12.0 Å². The minimum absolute atomic E-state index is 0.00323. The van der Waals surface area contributed by atoms with E-state index in [0.29, 0.717) is 11.4 Å². The summed E-state index contributed by atoms with van der Waals surface area (Å²) in [6, 6.07) is 4.61. The smallest absolute Gasteiger partial charge is 0.271 e. The fourth-order valence-corrected chi connectivity index (χ4v) is 2.28. The maximum absolute atomic E-state index is 11.0. The number of nitrogens with zero attached hydrogens (tertiary/aromatic N) is 4. The number of aliphatic hydroxyl groups is 1. The quantitative estimate of drug-likeness (QED) is 0.691. The third-order valence-electron chi connectivity index (χ3n) is 3.23. The molecule has 0 atom stereocenters. The molecule has 21 heavy (non-hydrogen) atoms. The van der Waals surface area contributed by atoms with E-state index >= 15 is 0 Å². The standard InChI is InChI=1S/C14H18N4O3/c1-9-5-6-10(18(20)21)7-12(9)17-13(14(2,3)4)11(8-19)15-16-17/h5-7,19H,8H2,1-4H3. The second kappa shape index (κ2) is 5.25. The summed E-state index contributed by atoms with van der Waals surface area (Å²) in [6.45, 7) is 7.57. The van der Waals surface area contributed by atoms with Gasteiger partial charge in [0.25, 0.3) is 5.69 Å². The Morgan fingerprint density at radius 2 is 2.05 bits per heavy atom. The van der Waals surface area contributed by atoms with Crippen molar-refractivity contribution in [3.63, 3.8) is 0 Å². The van der Waals surface area contributed by atoms with Gasteiger partial charge in [0.1, 0.15) is 5.69 Å². The predicted molar refractivity (Wildman–Crippen MR) is 77.4 cm³/mol. The summed E-state index contributed by atoms with van der Waals surface area (Å²) in [5.41, 5.74) is 2.36. The Balaban J connectivity index is 2.70. The third kappa shape index (κ3) is 2.78. The number of nitro groups is 1. The average Bonchev–Trinajstić information content (AvgIpc) is 2.82. The lowest BCUT2D eigenvalue weighted by Gasteiger charge is -2.21. The molecule has 1 N–H and O–H groups in total. The van der Waals surface area contributed by atoms with Crippen LogP contribution in [0.5, 0.6) is 0 Å². The first-order valence-corrected chi connectivity index (χ1v) is 6.57. The van der Waals surface area contributed by atoms with Gasteiger partial charge in [-0.05, 0) is 12.5 Å². The summed E-state index contributed by atoms with van der Waals surface area (Å²) in [6.07, 6.45) is 0. The van der Waals surface area contributed by atoms with Crippen molar-refractivity contribution in [1.29, 1.82) is 0 Å². The molecule has 0 spiro atoms. The molecule has 0 saturated carbocycles. The summed E-state index contributed by atoms with van der Waals surface area (Å²) in [5.74, 6) is 0. The Hall–Kier alpha value is -2.28. The lowest BCUT2D eigenvalue weighted by molar-refractivity contribution is -0.384. The van der Waals surface area contributed by atoms with Gasteiger partial charge in [0, 0.05) is 17.5 Å². The Morgan fingerprint density at radius 1 is 1.38 bits per heavy atom. The SMILES string of the molecule is Cc1ccc([N+](=O)[O-])cc1-n1nnc(CO)c1C(C)(C)C. The second-order valence-electron chi connectivity index (χ2n) is 5.93. The minimum atomic E-state index is -0.441. The largest absolute Gasteiger partial charge is 0.390 e. The van der Waals surface area contributed by atoms with Crippen LogP contribution in [0.1, 0.15) is 37.7 Å². The highest BCUT2D eigenvalue weighted by molar-refractivity contribution is 5.49. The number of aromatic nitrogens is 3. The zero-order valence-electron chi connectivity index (χ0n) is 12.5. The molecule has 0 bridgehead atoms. The van der Waals surface area contributed by atoms with Gasteiger partial charge in [0.15, 0.2) is 0 Å². The molecule has 1 aromatic carbocycles. The van der Waals surface area contributed by atoms with Crippen LogP contribution in [0.4, 0.5) is 5.69 Å². The molecule has 7 heteroatoms. The van der Waals surface area contributed by atoms with E-state index in [1.54, 1.807) is 10.7 Å². The van der Waals surface area contributed by atoms with Crippen molar-refractivity contribution in [3.05, 3.63) is 45.3 Å². The van der Waals surface area contributed by atoms with Gasteiger partial charge < -0.3 is 5.11 Å². The molecule has 1 aromatic heterocycles. The molecule has 0 unspecified atom stereocenters. The predicted octanol–water partition coefficient (Wildman–Crippen LogP) is 2.27. The molecule has 0 aliphatic heterocycles. The number of nitro benzene ring substituents is 1. The number of rotatable bonds is 3. The van der Waals surface area contributed by atoms with E-state index in [0.717, 1.165) is 11.3 Å². The second-order valence-corrected chi connectivity index (χ2v) is 5.93. The number of hydrogen-bond acceptors (Lipinski definition) is 5. The first-order chi connectivity index (χ1) is 9.75. The lowest BCUT2D eigenvalue weighted by atomic mass is 9.90. The van der Waals surface area contributed by atoms with Crippen LogP contribution < -0.4 is 0 Å². The molecule has 0 aliphatic carbocycles. The van der Waals surface area contributed by atoms with E-state index in [4.69, 9.17) is 0 Å². The van der Waals surface area contributed by atoms with Crippen LogP contribution in [-0.4, -0.2) is 25.0 Å². The average molecular weight is 290 g/mol. The molecule has 0 fully saturated rings. The Morgan fingerprint density at radius 3 is 2.57 bits per heavy atom. The topological polar surface area (TPSA) is 94.1 Å². The van der Waals surface area contributed by atoms with Crippen molar-refractivity contribution >= 4 is 5.69 Å². The Bertz CT molecular complexity index is 686. The minimum Gasteiger partial charge on any atom is -0.390 e. The van der Waals surface area contributed by atoms with Gasteiger partial charge in [-0.1, -0.05) is 32.1 Å². The zero-order chi connectivity index (χ0) is 15.8. The van der Waals surface area contributed by atoms with Gasteiger partial charge in [-0.2, -0.15) is 0 Å². The number of benzene rings is 1. The van der Waals surface area contributed by atoms with Crippen LogP contribution in [0.25, 0.3) is 5.69 Å². The Labute approximate surface area is 122 Å². The van der Waals surface area contributed by atoms with E-state index in [-0.39, 0.29) is 17.7 Å². The van der Waals surface area contributed by atoms with Gasteiger partial charge in [-0.3, -0.25) is 10.1 Å². The first kappa shape index (κ1) is 15.1. The number of aliphatic hydroxyl groups excluding tert-OH is 1. The van der Waals surface area contributed by atoms with Crippen molar-refractivity contribution in [2.75, 3.05) is 0 Å². The summed E-state index contributed by atoms with van der Waals surface area (Å²) >= 11 is 0. The number of hydrogen-bond donors (Lipinski definition) is 1. The number of non-ortho nitro benzene ring substituents is 1. The van der Waals surface area contributed by atoms with Gasteiger partial charge >= 0.3 is 0 Å². The third-order valence-corrected chi connectivity index (χ3v) is 3.23. The van der Waals surface area contributed by atoms with E-state index in [1.807, 2.05) is 27.7 Å². The Kier molecular flexibility index (Phi) is 3.78. The first-order valence-electron chi connectivity index (χ1n) is 6.57. The van der Waals surface area contributed by atoms with Crippen molar-refractivity contribution in [2.45, 2.75) is 39.7 Å². The van der Waals surface area contributed by atoms with Gasteiger partial charge in [-0.15, -0.1) is 5.10 Å². The highest BCUT2D eigenvalue weighted by Gasteiger charge is 2.26. The van der Waals surface area contributed by atoms with Crippen LogP contribution in [0.15, 0.2) is 18.2 Å². The molecule has 0 saturated heterocycles. The monoisotopic (exact) mass is 290 g/mol. The molecular formula is C14H18N4O3. The molecule has 0 amide bonds. The zero-order valence-corrected chi connectivity index (χ0v) is 12.5. The van der Waals surface area contributed by atoms with E-state index in [1.165, 1.54) is 12.1 Å². The molecular weight excluding hydrogens is 272 g/mol. The summed E-state index contributed by atoms with van der Waals surface area (Å²) in [5, 5.41) is 28.4. The lowest BCUT2D eigenvalue weighted by Crippen LogP contribution is -2.20. The van der Waals surface area contributed by atoms with Crippen LogP contribution in [0.2, 0.25) is 0 Å². The van der Waals surface area contributed by atoms with Crippen LogP contribution >= 0.6 is 0 Å².